The summed E-state index contributed by atoms with van der Waals surface area (Å²) >= 11 is 0. The maximum atomic E-state index is 13.0. The van der Waals surface area contributed by atoms with Crippen LogP contribution in [0.1, 0.15) is 344 Å². The number of hydrogen-bond donors (Lipinski definition) is 3. The van der Waals surface area contributed by atoms with E-state index in [4.69, 9.17) is 37.0 Å². The number of rotatable bonds is 67. The standard InChI is InChI=1S/C70H136O17P2/c1-9-62(7)48-40-32-26-28-35-43-51-68(73)81-57-65(86-69(74)52-44-36-25-21-23-31-39-47-61(5)6)58-84-88(76,77)82-54-64(71)55-83-89(78,79)85-59-66(87-70(75)53-45-37-29-27-33-41-49-63(8)10-2)56-80-67(72)50-42-34-24-20-18-16-14-12-11-13-15-17-19-22-30-38-46-60(3)4/h60-66,71H,9-59H2,1-8H3,(H,76,77)(H,78,79)/t62?,63?,64-,65+,66+/m0/s1. The Balaban J connectivity index is 5.17. The Morgan fingerprint density at radius 3 is 0.798 bits per heavy atom. The molecule has 0 spiro atoms. The van der Waals surface area contributed by atoms with Gasteiger partial charge in [-0.05, 0) is 49.4 Å². The van der Waals surface area contributed by atoms with Crippen LogP contribution in [0.5, 0.6) is 0 Å². The lowest BCUT2D eigenvalue weighted by atomic mass is 10.00. The number of unbranched alkanes of at least 4 members (excludes halogenated alkanes) is 31. The topological polar surface area (TPSA) is 237 Å². The largest absolute Gasteiger partial charge is 0.472 e. The summed E-state index contributed by atoms with van der Waals surface area (Å²) in [5.41, 5.74) is 0. The van der Waals surface area contributed by atoms with Crippen molar-refractivity contribution in [3.05, 3.63) is 0 Å². The molecule has 0 rings (SSSR count). The van der Waals surface area contributed by atoms with E-state index in [1.54, 1.807) is 0 Å². The van der Waals surface area contributed by atoms with Crippen LogP contribution < -0.4 is 0 Å². The normalized spacial score (nSPS) is 14.9. The number of phosphoric acid groups is 2. The average Bonchev–Trinajstić information content (AvgIpc) is 3.51. The predicted molar refractivity (Wildman–Crippen MR) is 358 cm³/mol. The molecule has 0 aliphatic heterocycles. The van der Waals surface area contributed by atoms with E-state index in [-0.39, 0.29) is 25.7 Å². The summed E-state index contributed by atoms with van der Waals surface area (Å²) in [4.78, 5) is 72.4. The van der Waals surface area contributed by atoms with Crippen LogP contribution in [0.25, 0.3) is 0 Å². The molecule has 0 radical (unpaired) electrons. The van der Waals surface area contributed by atoms with Gasteiger partial charge >= 0.3 is 39.5 Å². The van der Waals surface area contributed by atoms with Crippen LogP contribution in [-0.2, 0) is 65.4 Å². The molecular formula is C70H136O17P2. The molecule has 7 atom stereocenters. The zero-order valence-corrected chi connectivity index (χ0v) is 59.8. The summed E-state index contributed by atoms with van der Waals surface area (Å²) < 4.78 is 68.2. The van der Waals surface area contributed by atoms with Crippen LogP contribution in [0.3, 0.4) is 0 Å². The minimum atomic E-state index is -4.95. The third-order valence-corrected chi connectivity index (χ3v) is 18.7. The van der Waals surface area contributed by atoms with Gasteiger partial charge in [-0.25, -0.2) is 9.13 Å². The molecule has 0 fully saturated rings. The van der Waals surface area contributed by atoms with E-state index in [0.29, 0.717) is 31.6 Å². The van der Waals surface area contributed by atoms with Gasteiger partial charge in [0.15, 0.2) is 12.2 Å². The lowest BCUT2D eigenvalue weighted by Gasteiger charge is -2.21. The molecule has 528 valence electrons. The Morgan fingerprint density at radius 2 is 0.539 bits per heavy atom. The fourth-order valence-electron chi connectivity index (χ4n) is 10.4. The third-order valence-electron chi connectivity index (χ3n) is 16.8. The van der Waals surface area contributed by atoms with Crippen LogP contribution in [0, 0.1) is 23.7 Å². The van der Waals surface area contributed by atoms with Gasteiger partial charge in [0.1, 0.15) is 19.3 Å². The van der Waals surface area contributed by atoms with Crippen LogP contribution in [-0.4, -0.2) is 96.7 Å². The molecule has 17 nitrogen and oxygen atoms in total. The molecule has 0 saturated carbocycles. The summed E-state index contributed by atoms with van der Waals surface area (Å²) in [6, 6.07) is 0. The van der Waals surface area contributed by atoms with E-state index in [2.05, 4.69) is 55.4 Å². The highest BCUT2D eigenvalue weighted by atomic mass is 31.2. The van der Waals surface area contributed by atoms with E-state index in [1.807, 2.05) is 0 Å². The molecular weight excluding hydrogens is 1170 g/mol. The maximum absolute atomic E-state index is 13.0. The number of carbonyl (C=O) groups excluding carboxylic acids is 4. The monoisotopic (exact) mass is 1310 g/mol. The second-order valence-electron chi connectivity index (χ2n) is 26.7. The van der Waals surface area contributed by atoms with Gasteiger partial charge < -0.3 is 33.8 Å². The molecule has 0 aromatic rings. The first kappa shape index (κ1) is 87.1. The van der Waals surface area contributed by atoms with Crippen molar-refractivity contribution < 1.29 is 80.2 Å². The zero-order valence-electron chi connectivity index (χ0n) is 58.1. The summed E-state index contributed by atoms with van der Waals surface area (Å²) in [5, 5.41) is 10.6. The smallest absolute Gasteiger partial charge is 0.462 e. The number of aliphatic hydroxyl groups excluding tert-OH is 1. The van der Waals surface area contributed by atoms with E-state index < -0.39 is 97.5 Å². The molecule has 3 N–H and O–H groups in total. The molecule has 0 heterocycles. The van der Waals surface area contributed by atoms with E-state index in [0.717, 1.165) is 114 Å². The lowest BCUT2D eigenvalue weighted by Crippen LogP contribution is -2.30. The molecule has 0 amide bonds. The highest BCUT2D eigenvalue weighted by Crippen LogP contribution is 2.45. The highest BCUT2D eigenvalue weighted by molar-refractivity contribution is 7.47. The van der Waals surface area contributed by atoms with Gasteiger partial charge in [0.05, 0.1) is 26.4 Å². The van der Waals surface area contributed by atoms with Crippen molar-refractivity contribution in [2.75, 3.05) is 39.6 Å². The molecule has 0 aliphatic rings. The first-order valence-electron chi connectivity index (χ1n) is 36.3. The van der Waals surface area contributed by atoms with Gasteiger partial charge in [-0.3, -0.25) is 37.3 Å². The van der Waals surface area contributed by atoms with E-state index >= 15 is 0 Å². The molecule has 0 aliphatic carbocycles. The number of carbonyl (C=O) groups is 4. The lowest BCUT2D eigenvalue weighted by molar-refractivity contribution is -0.161. The van der Waals surface area contributed by atoms with Crippen LogP contribution in [0.4, 0.5) is 0 Å². The highest BCUT2D eigenvalue weighted by Gasteiger charge is 2.30. The van der Waals surface area contributed by atoms with Crippen molar-refractivity contribution in [1.82, 2.24) is 0 Å². The Kier molecular flexibility index (Phi) is 58.5. The minimum absolute atomic E-state index is 0.102. The average molecular weight is 1310 g/mol. The molecule has 89 heavy (non-hydrogen) atoms. The third kappa shape index (κ3) is 62.0. The van der Waals surface area contributed by atoms with E-state index in [9.17, 15) is 43.2 Å². The first-order chi connectivity index (χ1) is 42.7. The number of phosphoric ester groups is 2. The number of ether oxygens (including phenoxy) is 4. The number of aliphatic hydroxyl groups is 1. The van der Waals surface area contributed by atoms with Crippen LogP contribution >= 0.6 is 15.6 Å². The Morgan fingerprint density at radius 1 is 0.315 bits per heavy atom. The van der Waals surface area contributed by atoms with Gasteiger partial charge in [-0.1, -0.05) is 293 Å². The Labute approximate surface area is 543 Å². The Hall–Kier alpha value is -1.94. The van der Waals surface area contributed by atoms with E-state index in [1.165, 1.54) is 141 Å². The van der Waals surface area contributed by atoms with Crippen molar-refractivity contribution in [3.8, 4) is 0 Å². The fraction of sp³-hybridized carbons (Fsp3) is 0.943. The van der Waals surface area contributed by atoms with Crippen molar-refractivity contribution in [2.45, 2.75) is 363 Å². The summed E-state index contributed by atoms with van der Waals surface area (Å²) in [6.45, 7) is 14.0. The van der Waals surface area contributed by atoms with Gasteiger partial charge in [-0.2, -0.15) is 0 Å². The molecule has 0 bridgehead atoms. The second-order valence-corrected chi connectivity index (χ2v) is 29.6. The van der Waals surface area contributed by atoms with Gasteiger partial charge in [0, 0.05) is 25.7 Å². The quantitative estimate of drug-likeness (QED) is 0.0222. The van der Waals surface area contributed by atoms with Gasteiger partial charge in [-0.15, -0.1) is 0 Å². The SMILES string of the molecule is CCC(C)CCCCCCCCC(=O)OC[C@H](COP(=O)(O)OC[C@H](O)COP(=O)(O)OC[C@@H](COC(=O)CCCCCCCCCCCCCCCCCCC(C)C)OC(=O)CCCCCCCCC(C)CC)OC(=O)CCCCCCCCCC(C)C. The summed E-state index contributed by atoms with van der Waals surface area (Å²) in [7, 11) is -9.90. The summed E-state index contributed by atoms with van der Waals surface area (Å²) in [5.74, 6) is 0.823. The summed E-state index contributed by atoms with van der Waals surface area (Å²) in [6.07, 6.45) is 42.0. The molecule has 4 unspecified atom stereocenters. The van der Waals surface area contributed by atoms with Crippen molar-refractivity contribution in [1.29, 1.82) is 0 Å². The van der Waals surface area contributed by atoms with Crippen molar-refractivity contribution in [2.24, 2.45) is 23.7 Å². The minimum Gasteiger partial charge on any atom is -0.462 e. The van der Waals surface area contributed by atoms with Crippen molar-refractivity contribution >= 4 is 39.5 Å². The second kappa shape index (κ2) is 59.8. The maximum Gasteiger partial charge on any atom is 0.472 e. The fourth-order valence-corrected chi connectivity index (χ4v) is 12.0. The number of esters is 4. The number of hydrogen-bond acceptors (Lipinski definition) is 15. The molecule has 0 saturated heterocycles. The zero-order chi connectivity index (χ0) is 66.1. The van der Waals surface area contributed by atoms with Crippen molar-refractivity contribution in [3.63, 3.8) is 0 Å². The molecule has 19 heteroatoms. The van der Waals surface area contributed by atoms with Gasteiger partial charge in [0.2, 0.25) is 0 Å². The Bertz CT molecular complexity index is 1770. The van der Waals surface area contributed by atoms with Gasteiger partial charge in [0.25, 0.3) is 0 Å². The molecule has 0 aromatic carbocycles. The van der Waals surface area contributed by atoms with Crippen LogP contribution in [0.2, 0.25) is 0 Å². The van der Waals surface area contributed by atoms with Crippen LogP contribution in [0.15, 0.2) is 0 Å². The predicted octanol–water partition coefficient (Wildman–Crippen LogP) is 19.7. The first-order valence-corrected chi connectivity index (χ1v) is 39.3. The molecule has 0 aromatic heterocycles.